The highest BCUT2D eigenvalue weighted by molar-refractivity contribution is 6.34. The van der Waals surface area contributed by atoms with Crippen LogP contribution in [0, 0.1) is 0 Å². The van der Waals surface area contributed by atoms with Crippen LogP contribution >= 0.6 is 0 Å². The monoisotopic (exact) mass is 320 g/mol. The van der Waals surface area contributed by atoms with Crippen molar-refractivity contribution >= 4 is 23.4 Å². The second-order valence-corrected chi connectivity index (χ2v) is 6.04. The zero-order valence-electron chi connectivity index (χ0n) is 13.1. The average molecular weight is 320 g/mol. The van der Waals surface area contributed by atoms with Gasteiger partial charge in [0.25, 0.3) is 11.8 Å². The lowest BCUT2D eigenvalue weighted by Crippen LogP contribution is -2.32. The van der Waals surface area contributed by atoms with E-state index in [0.717, 1.165) is 18.5 Å². The third kappa shape index (κ3) is 2.21. The highest BCUT2D eigenvalue weighted by Crippen LogP contribution is 2.31. The lowest BCUT2D eigenvalue weighted by molar-refractivity contribution is -0.128. The van der Waals surface area contributed by atoms with Crippen molar-refractivity contribution in [3.63, 3.8) is 0 Å². The second kappa shape index (κ2) is 5.60. The number of nitrogens with zero attached hydrogens (tertiary/aromatic N) is 2. The minimum absolute atomic E-state index is 0.118. The van der Waals surface area contributed by atoms with Crippen molar-refractivity contribution in [1.29, 1.82) is 0 Å². The summed E-state index contributed by atoms with van der Waals surface area (Å²) in [5.41, 5.74) is 2.22. The second-order valence-electron chi connectivity index (χ2n) is 6.04. The van der Waals surface area contributed by atoms with Gasteiger partial charge < -0.3 is 4.90 Å². The number of carbonyl (C=O) groups is 3. The van der Waals surface area contributed by atoms with Gasteiger partial charge in [-0.25, -0.2) is 4.90 Å². The summed E-state index contributed by atoms with van der Waals surface area (Å²) in [7, 11) is 0. The summed E-state index contributed by atoms with van der Waals surface area (Å²) in [6.45, 7) is 1.14. The number of benzene rings is 2. The SMILES string of the molecule is O=C1CCCN1Cc1ccccc1N1C(=O)c2ccccc2C1=O. The van der Waals surface area contributed by atoms with Gasteiger partial charge in [0.1, 0.15) is 0 Å². The highest BCUT2D eigenvalue weighted by Gasteiger charge is 2.37. The Morgan fingerprint density at radius 3 is 2.08 bits per heavy atom. The summed E-state index contributed by atoms with van der Waals surface area (Å²) in [4.78, 5) is 40.3. The number of imide groups is 1. The Morgan fingerprint density at radius 2 is 1.46 bits per heavy atom. The molecule has 0 saturated carbocycles. The molecule has 0 atom stereocenters. The van der Waals surface area contributed by atoms with Crippen molar-refractivity contribution in [2.24, 2.45) is 0 Å². The van der Waals surface area contributed by atoms with Crippen molar-refractivity contribution in [2.75, 3.05) is 11.4 Å². The van der Waals surface area contributed by atoms with E-state index in [-0.39, 0.29) is 17.7 Å². The number of anilines is 1. The van der Waals surface area contributed by atoms with Crippen molar-refractivity contribution in [3.8, 4) is 0 Å². The maximum atomic E-state index is 12.7. The van der Waals surface area contributed by atoms with Gasteiger partial charge in [-0.15, -0.1) is 0 Å². The summed E-state index contributed by atoms with van der Waals surface area (Å²) in [6, 6.07) is 14.1. The van der Waals surface area contributed by atoms with Gasteiger partial charge >= 0.3 is 0 Å². The first-order valence-corrected chi connectivity index (χ1v) is 8.00. The molecule has 24 heavy (non-hydrogen) atoms. The topological polar surface area (TPSA) is 57.7 Å². The van der Waals surface area contributed by atoms with E-state index < -0.39 is 0 Å². The highest BCUT2D eigenvalue weighted by atomic mass is 16.2. The number of carbonyl (C=O) groups excluding carboxylic acids is 3. The van der Waals surface area contributed by atoms with Crippen LogP contribution in [0.4, 0.5) is 5.69 Å². The number of hydrogen-bond donors (Lipinski definition) is 0. The van der Waals surface area contributed by atoms with E-state index in [1.807, 2.05) is 12.1 Å². The molecule has 3 amide bonds. The molecule has 120 valence electrons. The van der Waals surface area contributed by atoms with E-state index in [4.69, 9.17) is 0 Å². The van der Waals surface area contributed by atoms with E-state index in [1.54, 1.807) is 41.3 Å². The Hall–Kier alpha value is -2.95. The Kier molecular flexibility index (Phi) is 3.41. The maximum Gasteiger partial charge on any atom is 0.266 e. The molecule has 0 spiro atoms. The van der Waals surface area contributed by atoms with Crippen molar-refractivity contribution in [2.45, 2.75) is 19.4 Å². The molecule has 0 N–H and O–H groups in total. The number of para-hydroxylation sites is 1. The van der Waals surface area contributed by atoms with Gasteiger partial charge in [0.05, 0.1) is 16.8 Å². The van der Waals surface area contributed by atoms with Gasteiger partial charge in [-0.1, -0.05) is 30.3 Å². The Morgan fingerprint density at radius 1 is 0.833 bits per heavy atom. The van der Waals surface area contributed by atoms with Gasteiger partial charge in [-0.05, 0) is 30.2 Å². The fraction of sp³-hybridized carbons (Fsp3) is 0.211. The molecule has 2 heterocycles. The van der Waals surface area contributed by atoms with Crippen molar-refractivity contribution in [3.05, 3.63) is 65.2 Å². The number of likely N-dealkylation sites (tertiary alicyclic amines) is 1. The molecule has 5 nitrogen and oxygen atoms in total. The molecular weight excluding hydrogens is 304 g/mol. The van der Waals surface area contributed by atoms with Crippen LogP contribution in [0.3, 0.4) is 0 Å². The molecule has 0 aliphatic carbocycles. The first-order chi connectivity index (χ1) is 11.7. The number of rotatable bonds is 3. The summed E-state index contributed by atoms with van der Waals surface area (Å²) in [5, 5.41) is 0. The van der Waals surface area contributed by atoms with Gasteiger partial charge in [0, 0.05) is 19.5 Å². The van der Waals surface area contributed by atoms with E-state index in [0.29, 0.717) is 29.8 Å². The van der Waals surface area contributed by atoms with Crippen LogP contribution < -0.4 is 4.90 Å². The molecule has 1 saturated heterocycles. The minimum atomic E-state index is -0.309. The molecule has 5 heteroatoms. The molecule has 2 aromatic rings. The lowest BCUT2D eigenvalue weighted by atomic mass is 10.1. The van der Waals surface area contributed by atoms with Crippen LogP contribution in [0.5, 0.6) is 0 Å². The predicted octanol–water partition coefficient (Wildman–Crippen LogP) is 2.61. The van der Waals surface area contributed by atoms with Gasteiger partial charge in [0.2, 0.25) is 5.91 Å². The number of amides is 3. The molecule has 2 aliphatic rings. The minimum Gasteiger partial charge on any atom is -0.338 e. The van der Waals surface area contributed by atoms with E-state index >= 15 is 0 Å². The molecular formula is C19H16N2O3. The van der Waals surface area contributed by atoms with Gasteiger partial charge in [-0.3, -0.25) is 14.4 Å². The maximum absolute atomic E-state index is 12.7. The Labute approximate surface area is 139 Å². The average Bonchev–Trinajstić information content (AvgIpc) is 3.11. The Bertz CT molecular complexity index is 824. The van der Waals surface area contributed by atoms with Crippen LogP contribution in [0.2, 0.25) is 0 Å². The van der Waals surface area contributed by atoms with Crippen molar-refractivity contribution in [1.82, 2.24) is 4.90 Å². The molecule has 1 fully saturated rings. The summed E-state index contributed by atoms with van der Waals surface area (Å²) in [6.07, 6.45) is 1.42. The number of fused-ring (bicyclic) bond motifs is 1. The molecule has 2 aliphatic heterocycles. The Balaban J connectivity index is 1.72. The van der Waals surface area contributed by atoms with Crippen LogP contribution in [-0.4, -0.2) is 29.2 Å². The van der Waals surface area contributed by atoms with E-state index in [1.165, 1.54) is 4.90 Å². The quantitative estimate of drug-likeness (QED) is 0.817. The first kappa shape index (κ1) is 14.6. The largest absolute Gasteiger partial charge is 0.338 e. The molecule has 0 radical (unpaired) electrons. The van der Waals surface area contributed by atoms with Crippen LogP contribution in [0.15, 0.2) is 48.5 Å². The molecule has 0 bridgehead atoms. The van der Waals surface area contributed by atoms with Gasteiger partial charge in [0.15, 0.2) is 0 Å². The smallest absolute Gasteiger partial charge is 0.266 e. The summed E-state index contributed by atoms with van der Waals surface area (Å²) in [5.74, 6) is -0.501. The summed E-state index contributed by atoms with van der Waals surface area (Å²) >= 11 is 0. The third-order valence-corrected chi connectivity index (χ3v) is 4.56. The molecule has 0 unspecified atom stereocenters. The zero-order valence-corrected chi connectivity index (χ0v) is 13.1. The summed E-state index contributed by atoms with van der Waals surface area (Å²) < 4.78 is 0. The van der Waals surface area contributed by atoms with Crippen LogP contribution in [-0.2, 0) is 11.3 Å². The first-order valence-electron chi connectivity index (χ1n) is 8.00. The lowest BCUT2D eigenvalue weighted by Gasteiger charge is -2.22. The normalized spacial score (nSPS) is 16.9. The number of hydrogen-bond acceptors (Lipinski definition) is 3. The fourth-order valence-corrected chi connectivity index (χ4v) is 3.35. The fourth-order valence-electron chi connectivity index (χ4n) is 3.35. The van der Waals surface area contributed by atoms with Crippen LogP contribution in [0.25, 0.3) is 0 Å². The molecule has 2 aromatic carbocycles. The molecule has 4 rings (SSSR count). The van der Waals surface area contributed by atoms with Crippen LogP contribution in [0.1, 0.15) is 39.1 Å². The third-order valence-electron chi connectivity index (χ3n) is 4.56. The van der Waals surface area contributed by atoms with E-state index in [9.17, 15) is 14.4 Å². The van der Waals surface area contributed by atoms with Crippen molar-refractivity contribution < 1.29 is 14.4 Å². The molecule has 0 aromatic heterocycles. The van der Waals surface area contributed by atoms with E-state index in [2.05, 4.69) is 0 Å². The predicted molar refractivity (Wildman–Crippen MR) is 88.7 cm³/mol. The standard InChI is InChI=1S/C19H16N2O3/c22-17-10-5-11-20(17)12-13-6-1-4-9-16(13)21-18(23)14-7-2-3-8-15(14)19(21)24/h1-4,6-9H,5,10-12H2. The van der Waals surface area contributed by atoms with Gasteiger partial charge in [-0.2, -0.15) is 0 Å². The zero-order chi connectivity index (χ0) is 16.7.